The SMILES string of the molecule is C[C@@H]1[C@H](C)CCC[C@H]1NC(=O)COc1ccc(C=O)cc1[N+](=O)[O-]. The second-order valence-electron chi connectivity index (χ2n) is 6.33. The van der Waals surface area contributed by atoms with Crippen molar-refractivity contribution in [1.82, 2.24) is 5.32 Å². The van der Waals surface area contributed by atoms with Crippen molar-refractivity contribution in [2.24, 2.45) is 11.8 Å². The molecule has 1 amide bonds. The van der Waals surface area contributed by atoms with Gasteiger partial charge in [0.1, 0.15) is 6.29 Å². The molecular weight excluding hydrogens is 312 g/mol. The van der Waals surface area contributed by atoms with Crippen LogP contribution < -0.4 is 10.1 Å². The average Bonchev–Trinajstić information content (AvgIpc) is 2.57. The van der Waals surface area contributed by atoms with Gasteiger partial charge in [0.15, 0.2) is 12.4 Å². The van der Waals surface area contributed by atoms with Crippen LogP contribution in [0.2, 0.25) is 0 Å². The third kappa shape index (κ3) is 4.31. The lowest BCUT2D eigenvalue weighted by molar-refractivity contribution is -0.385. The van der Waals surface area contributed by atoms with Gasteiger partial charge in [0.05, 0.1) is 4.92 Å². The highest BCUT2D eigenvalue weighted by atomic mass is 16.6. The van der Waals surface area contributed by atoms with Gasteiger partial charge in [-0.25, -0.2) is 0 Å². The van der Waals surface area contributed by atoms with Crippen molar-refractivity contribution in [3.8, 4) is 5.75 Å². The summed E-state index contributed by atoms with van der Waals surface area (Å²) in [5.41, 5.74) is -0.143. The monoisotopic (exact) mass is 334 g/mol. The molecule has 1 aromatic rings. The zero-order valence-electron chi connectivity index (χ0n) is 13.9. The highest BCUT2D eigenvalue weighted by molar-refractivity contribution is 5.79. The van der Waals surface area contributed by atoms with E-state index in [-0.39, 0.29) is 35.6 Å². The molecule has 0 aromatic heterocycles. The van der Waals surface area contributed by atoms with E-state index in [1.165, 1.54) is 18.6 Å². The van der Waals surface area contributed by atoms with E-state index in [4.69, 9.17) is 4.74 Å². The normalized spacial score (nSPS) is 23.3. The summed E-state index contributed by atoms with van der Waals surface area (Å²) >= 11 is 0. The van der Waals surface area contributed by atoms with E-state index in [1.54, 1.807) is 0 Å². The molecule has 130 valence electrons. The Labute approximate surface area is 140 Å². The fourth-order valence-electron chi connectivity index (χ4n) is 3.05. The van der Waals surface area contributed by atoms with Gasteiger partial charge in [-0.2, -0.15) is 0 Å². The topological polar surface area (TPSA) is 98.5 Å². The Hall–Kier alpha value is -2.44. The molecule has 7 heteroatoms. The number of carbonyl (C=O) groups is 2. The van der Waals surface area contributed by atoms with Crippen LogP contribution in [-0.2, 0) is 4.79 Å². The molecule has 7 nitrogen and oxygen atoms in total. The van der Waals surface area contributed by atoms with Crippen LogP contribution in [0.3, 0.4) is 0 Å². The number of carbonyl (C=O) groups excluding carboxylic acids is 2. The van der Waals surface area contributed by atoms with Crippen molar-refractivity contribution in [3.05, 3.63) is 33.9 Å². The Morgan fingerprint density at radius 2 is 2.17 bits per heavy atom. The first kappa shape index (κ1) is 17.9. The number of ether oxygens (including phenoxy) is 1. The molecule has 0 radical (unpaired) electrons. The Balaban J connectivity index is 1.96. The summed E-state index contributed by atoms with van der Waals surface area (Å²) in [6.07, 6.45) is 3.70. The molecule has 0 unspecified atom stereocenters. The molecule has 0 bridgehead atoms. The minimum absolute atomic E-state index is 0.0224. The minimum atomic E-state index is -0.634. The summed E-state index contributed by atoms with van der Waals surface area (Å²) in [6.45, 7) is 4.01. The molecule has 1 N–H and O–H groups in total. The quantitative estimate of drug-likeness (QED) is 0.490. The number of aldehydes is 1. The van der Waals surface area contributed by atoms with Gasteiger partial charge in [-0.1, -0.05) is 26.7 Å². The minimum Gasteiger partial charge on any atom is -0.477 e. The Kier molecular flexibility index (Phi) is 5.89. The van der Waals surface area contributed by atoms with Crippen molar-refractivity contribution < 1.29 is 19.2 Å². The molecule has 3 atom stereocenters. The summed E-state index contributed by atoms with van der Waals surface area (Å²) in [5.74, 6) is 0.631. The van der Waals surface area contributed by atoms with E-state index in [2.05, 4.69) is 19.2 Å². The van der Waals surface area contributed by atoms with E-state index in [1.807, 2.05) is 0 Å². The first-order valence-electron chi connectivity index (χ1n) is 8.08. The van der Waals surface area contributed by atoms with Crippen LogP contribution >= 0.6 is 0 Å². The smallest absolute Gasteiger partial charge is 0.311 e. The number of benzene rings is 1. The first-order valence-corrected chi connectivity index (χ1v) is 8.08. The lowest BCUT2D eigenvalue weighted by Crippen LogP contribution is -2.45. The predicted molar refractivity (Wildman–Crippen MR) is 88.1 cm³/mol. The van der Waals surface area contributed by atoms with Crippen molar-refractivity contribution in [3.63, 3.8) is 0 Å². The van der Waals surface area contributed by atoms with Crippen LogP contribution in [0.15, 0.2) is 18.2 Å². The van der Waals surface area contributed by atoms with Gasteiger partial charge in [-0.15, -0.1) is 0 Å². The number of rotatable bonds is 6. The third-order valence-electron chi connectivity index (χ3n) is 4.73. The second kappa shape index (κ2) is 7.90. The van der Waals surface area contributed by atoms with Gasteiger partial charge < -0.3 is 10.1 Å². The van der Waals surface area contributed by atoms with Gasteiger partial charge >= 0.3 is 5.69 Å². The summed E-state index contributed by atoms with van der Waals surface area (Å²) < 4.78 is 5.29. The molecule has 0 heterocycles. The van der Waals surface area contributed by atoms with Crippen molar-refractivity contribution in [2.75, 3.05) is 6.61 Å². The zero-order chi connectivity index (χ0) is 17.7. The van der Waals surface area contributed by atoms with Crippen molar-refractivity contribution in [1.29, 1.82) is 0 Å². The Morgan fingerprint density at radius 3 is 2.83 bits per heavy atom. The molecule has 0 saturated heterocycles. The van der Waals surface area contributed by atoms with Gasteiger partial charge in [-0.05, 0) is 30.4 Å². The largest absolute Gasteiger partial charge is 0.477 e. The highest BCUT2D eigenvalue weighted by Gasteiger charge is 2.28. The summed E-state index contributed by atoms with van der Waals surface area (Å²) in [6, 6.07) is 3.99. The standard InChI is InChI=1S/C17H22N2O5/c1-11-4-3-5-14(12(11)2)18-17(21)10-24-16-7-6-13(9-20)8-15(16)19(22)23/h6-9,11-12,14H,3-5,10H2,1-2H3,(H,18,21)/t11-,12-,14-/m1/s1. The Morgan fingerprint density at radius 1 is 1.42 bits per heavy atom. The molecule has 1 fully saturated rings. The van der Waals surface area contributed by atoms with Crippen LogP contribution in [0.25, 0.3) is 0 Å². The van der Waals surface area contributed by atoms with Crippen LogP contribution in [0, 0.1) is 22.0 Å². The van der Waals surface area contributed by atoms with Gasteiger partial charge in [0, 0.05) is 17.7 Å². The van der Waals surface area contributed by atoms with Gasteiger partial charge in [0.25, 0.3) is 5.91 Å². The van der Waals surface area contributed by atoms with Crippen molar-refractivity contribution >= 4 is 17.9 Å². The van der Waals surface area contributed by atoms with E-state index in [0.29, 0.717) is 18.1 Å². The van der Waals surface area contributed by atoms with Gasteiger partial charge in [0.2, 0.25) is 0 Å². The molecule has 2 rings (SSSR count). The van der Waals surface area contributed by atoms with Crippen LogP contribution in [0.1, 0.15) is 43.5 Å². The molecule has 1 aliphatic rings. The fourth-order valence-corrected chi connectivity index (χ4v) is 3.05. The number of hydrogen-bond acceptors (Lipinski definition) is 5. The number of nitro benzene ring substituents is 1. The lowest BCUT2D eigenvalue weighted by Gasteiger charge is -2.34. The molecule has 1 aliphatic carbocycles. The van der Waals surface area contributed by atoms with E-state index < -0.39 is 4.92 Å². The molecule has 24 heavy (non-hydrogen) atoms. The number of nitrogens with zero attached hydrogens (tertiary/aromatic N) is 1. The first-order chi connectivity index (χ1) is 11.4. The number of nitrogens with one attached hydrogen (secondary N) is 1. The average molecular weight is 334 g/mol. The molecule has 1 saturated carbocycles. The second-order valence-corrected chi connectivity index (χ2v) is 6.33. The maximum absolute atomic E-state index is 12.1. The predicted octanol–water partition coefficient (Wildman–Crippen LogP) is 2.73. The maximum Gasteiger partial charge on any atom is 0.311 e. The highest BCUT2D eigenvalue weighted by Crippen LogP contribution is 2.30. The van der Waals surface area contributed by atoms with Crippen LogP contribution in [-0.4, -0.2) is 29.8 Å². The molecule has 0 aliphatic heterocycles. The van der Waals surface area contributed by atoms with E-state index in [9.17, 15) is 19.7 Å². The number of nitro groups is 1. The summed E-state index contributed by atoms with van der Waals surface area (Å²) in [5, 5.41) is 14.0. The van der Waals surface area contributed by atoms with E-state index in [0.717, 1.165) is 18.9 Å². The van der Waals surface area contributed by atoms with E-state index >= 15 is 0 Å². The molecule has 1 aromatic carbocycles. The van der Waals surface area contributed by atoms with Crippen LogP contribution in [0.4, 0.5) is 5.69 Å². The van der Waals surface area contributed by atoms with Crippen molar-refractivity contribution in [2.45, 2.75) is 39.2 Å². The Bertz CT molecular complexity index is 631. The zero-order valence-corrected chi connectivity index (χ0v) is 13.9. The lowest BCUT2D eigenvalue weighted by atomic mass is 9.78. The summed E-state index contributed by atoms with van der Waals surface area (Å²) in [4.78, 5) is 33.2. The summed E-state index contributed by atoms with van der Waals surface area (Å²) in [7, 11) is 0. The molecular formula is C17H22N2O5. The fraction of sp³-hybridized carbons (Fsp3) is 0.529. The van der Waals surface area contributed by atoms with Crippen LogP contribution in [0.5, 0.6) is 5.75 Å². The number of hydrogen-bond donors (Lipinski definition) is 1. The third-order valence-corrected chi connectivity index (χ3v) is 4.73. The number of amides is 1. The molecule has 0 spiro atoms. The van der Waals surface area contributed by atoms with Gasteiger partial charge in [-0.3, -0.25) is 19.7 Å². The maximum atomic E-state index is 12.1.